The van der Waals surface area contributed by atoms with Crippen molar-refractivity contribution in [3.63, 3.8) is 0 Å². The van der Waals surface area contributed by atoms with E-state index >= 15 is 0 Å². The fourth-order valence-corrected chi connectivity index (χ4v) is 6.70. The molecule has 0 aliphatic heterocycles. The molecule has 43 heavy (non-hydrogen) atoms. The summed E-state index contributed by atoms with van der Waals surface area (Å²) in [6.45, 7) is 16.8. The van der Waals surface area contributed by atoms with Crippen LogP contribution in [0.1, 0.15) is 91.5 Å². The van der Waals surface area contributed by atoms with Gasteiger partial charge in [0.25, 0.3) is 0 Å². The van der Waals surface area contributed by atoms with Crippen molar-refractivity contribution in [2.75, 3.05) is 20.8 Å². The van der Waals surface area contributed by atoms with Crippen LogP contribution >= 0.6 is 0 Å². The van der Waals surface area contributed by atoms with Gasteiger partial charge in [-0.2, -0.15) is 0 Å². The number of nitrogens with one attached hydrogen (secondary N) is 1. The monoisotopic (exact) mass is 615 g/mol. The van der Waals surface area contributed by atoms with Crippen molar-refractivity contribution in [1.29, 1.82) is 0 Å². The quantitative estimate of drug-likeness (QED) is 0.0962. The molecular weight excluding hydrogens is 554 g/mol. The van der Waals surface area contributed by atoms with Crippen LogP contribution in [0.5, 0.6) is 0 Å². The average molecular weight is 616 g/mol. The molecule has 6 nitrogen and oxygen atoms in total. The molecule has 0 unspecified atom stereocenters. The molecule has 244 valence electrons. The minimum atomic E-state index is -1.96. The van der Waals surface area contributed by atoms with E-state index in [0.29, 0.717) is 26.0 Å². The van der Waals surface area contributed by atoms with E-state index in [9.17, 15) is 4.79 Å². The SMILES string of the molecule is CCCCC[C@@H](C/C=C/CCC(=O)NC[C@@H](OC)C1=CC[C@@H](O[Si](C)(C)C(C)(C)C)[C@@H](C)[C@H]1OCc1ccccc1)OC. The standard InChI is InChI=1S/C36H61NO5Si/c1-10-11-14-21-30(39-6)22-17-13-18-23-34(38)37-26-33(40-7)31-24-25-32(42-43(8,9)36(3,4)5)28(2)35(31)41-27-29-19-15-12-16-20-29/h12-13,15-17,19-20,24,28,30,32-33,35H,10-11,14,18,21-23,25-27H2,1-9H3,(H,37,38)/b17-13+/t28-,30+,32-,33-,35-/m1/s1. The third-order valence-corrected chi connectivity index (χ3v) is 13.7. The van der Waals surface area contributed by atoms with Crippen LogP contribution in [-0.2, 0) is 30.0 Å². The largest absolute Gasteiger partial charge is 0.413 e. The molecule has 1 aromatic rings. The Morgan fingerprint density at radius 1 is 1.09 bits per heavy atom. The molecule has 1 amide bonds. The van der Waals surface area contributed by atoms with Gasteiger partial charge in [-0.1, -0.05) is 102 Å². The van der Waals surface area contributed by atoms with Crippen molar-refractivity contribution in [2.24, 2.45) is 5.92 Å². The lowest BCUT2D eigenvalue weighted by Gasteiger charge is -2.45. The van der Waals surface area contributed by atoms with Gasteiger partial charge in [-0.05, 0) is 55.0 Å². The van der Waals surface area contributed by atoms with E-state index < -0.39 is 8.32 Å². The lowest BCUT2D eigenvalue weighted by atomic mass is 9.82. The number of rotatable bonds is 19. The molecule has 1 N–H and O–H groups in total. The Kier molecular flexibility index (Phi) is 16.4. The lowest BCUT2D eigenvalue weighted by molar-refractivity contribution is -0.121. The van der Waals surface area contributed by atoms with Crippen LogP contribution < -0.4 is 5.32 Å². The predicted molar refractivity (Wildman–Crippen MR) is 181 cm³/mol. The van der Waals surface area contributed by atoms with Gasteiger partial charge in [-0.3, -0.25) is 4.79 Å². The fraction of sp³-hybridized carbons (Fsp3) is 0.694. The first kappa shape index (κ1) is 37.4. The number of hydrogen-bond donors (Lipinski definition) is 1. The number of benzene rings is 1. The summed E-state index contributed by atoms with van der Waals surface area (Å²) in [6, 6.07) is 10.3. The number of carbonyl (C=O) groups is 1. The van der Waals surface area contributed by atoms with Gasteiger partial charge in [0.2, 0.25) is 5.91 Å². The Balaban J connectivity index is 2.01. The molecule has 0 bridgehead atoms. The van der Waals surface area contributed by atoms with Crippen LogP contribution in [0.2, 0.25) is 18.1 Å². The van der Waals surface area contributed by atoms with E-state index in [1.807, 2.05) is 18.2 Å². The maximum atomic E-state index is 12.7. The zero-order valence-corrected chi connectivity index (χ0v) is 29.6. The zero-order chi connectivity index (χ0) is 31.9. The van der Waals surface area contributed by atoms with Crippen LogP contribution in [0.15, 0.2) is 54.1 Å². The molecule has 0 radical (unpaired) electrons. The maximum absolute atomic E-state index is 12.7. The maximum Gasteiger partial charge on any atom is 0.220 e. The number of unbranched alkanes of at least 4 members (excludes halogenated alkanes) is 2. The Morgan fingerprint density at radius 3 is 2.44 bits per heavy atom. The minimum absolute atomic E-state index is 0.0308. The third-order valence-electron chi connectivity index (χ3n) is 9.21. The van der Waals surface area contributed by atoms with Gasteiger partial charge in [0, 0.05) is 33.1 Å². The fourth-order valence-electron chi connectivity index (χ4n) is 5.28. The molecule has 2 rings (SSSR count). The summed E-state index contributed by atoms with van der Waals surface area (Å²) in [5.74, 6) is 0.178. The molecule has 1 aliphatic rings. The summed E-state index contributed by atoms with van der Waals surface area (Å²) in [5, 5.41) is 3.24. The highest BCUT2D eigenvalue weighted by Crippen LogP contribution is 2.41. The predicted octanol–water partition coefficient (Wildman–Crippen LogP) is 8.38. The van der Waals surface area contributed by atoms with Gasteiger partial charge < -0.3 is 24.0 Å². The minimum Gasteiger partial charge on any atom is -0.413 e. The van der Waals surface area contributed by atoms with Gasteiger partial charge in [0.1, 0.15) is 0 Å². The highest BCUT2D eigenvalue weighted by molar-refractivity contribution is 6.74. The molecule has 0 spiro atoms. The second-order valence-corrected chi connectivity index (χ2v) is 18.3. The van der Waals surface area contributed by atoms with Crippen molar-refractivity contribution in [3.05, 3.63) is 59.7 Å². The molecule has 0 saturated heterocycles. The van der Waals surface area contributed by atoms with Crippen molar-refractivity contribution in [2.45, 2.75) is 135 Å². The number of allylic oxidation sites excluding steroid dienone is 1. The van der Waals surface area contributed by atoms with E-state index in [2.05, 4.69) is 83.4 Å². The van der Waals surface area contributed by atoms with Crippen LogP contribution in [-0.4, -0.2) is 59.4 Å². The van der Waals surface area contributed by atoms with E-state index in [0.717, 1.165) is 30.4 Å². The molecular formula is C36H61NO5Si. The molecule has 5 atom stereocenters. The van der Waals surface area contributed by atoms with Gasteiger partial charge in [0.15, 0.2) is 8.32 Å². The molecule has 7 heteroatoms. The molecule has 1 aromatic carbocycles. The summed E-state index contributed by atoms with van der Waals surface area (Å²) in [6.07, 6.45) is 14.0. The Hall–Kier alpha value is -1.77. The van der Waals surface area contributed by atoms with E-state index in [4.69, 9.17) is 18.6 Å². The lowest BCUT2D eigenvalue weighted by Crippen LogP contribution is -2.50. The van der Waals surface area contributed by atoms with Crippen molar-refractivity contribution in [3.8, 4) is 0 Å². The molecule has 1 aliphatic carbocycles. The Labute approximate surface area is 264 Å². The van der Waals surface area contributed by atoms with Gasteiger partial charge in [-0.15, -0.1) is 0 Å². The summed E-state index contributed by atoms with van der Waals surface area (Å²) in [5.41, 5.74) is 2.23. The average Bonchev–Trinajstić information content (AvgIpc) is 2.97. The number of methoxy groups -OCH3 is 2. The number of hydrogen-bond acceptors (Lipinski definition) is 5. The van der Waals surface area contributed by atoms with E-state index in [1.54, 1.807) is 14.2 Å². The summed E-state index contributed by atoms with van der Waals surface area (Å²) < 4.78 is 25.1. The zero-order valence-electron chi connectivity index (χ0n) is 28.6. The van der Waals surface area contributed by atoms with Crippen molar-refractivity contribution < 1.29 is 23.4 Å². The molecule has 0 heterocycles. The van der Waals surface area contributed by atoms with Crippen LogP contribution in [0.3, 0.4) is 0 Å². The first-order valence-electron chi connectivity index (χ1n) is 16.4. The first-order chi connectivity index (χ1) is 20.4. The first-order valence-corrected chi connectivity index (χ1v) is 19.3. The Morgan fingerprint density at radius 2 is 1.81 bits per heavy atom. The summed E-state index contributed by atoms with van der Waals surface area (Å²) in [4.78, 5) is 12.7. The van der Waals surface area contributed by atoms with Gasteiger partial charge in [-0.25, -0.2) is 0 Å². The number of amides is 1. The van der Waals surface area contributed by atoms with Crippen LogP contribution in [0, 0.1) is 5.92 Å². The van der Waals surface area contributed by atoms with Crippen molar-refractivity contribution >= 4 is 14.2 Å². The normalized spacial score (nSPS) is 21.0. The topological polar surface area (TPSA) is 66.0 Å². The molecule has 0 fully saturated rings. The highest BCUT2D eigenvalue weighted by Gasteiger charge is 2.43. The van der Waals surface area contributed by atoms with Gasteiger partial charge in [0.05, 0.1) is 31.0 Å². The van der Waals surface area contributed by atoms with E-state index in [1.165, 1.54) is 19.3 Å². The summed E-state index contributed by atoms with van der Waals surface area (Å²) >= 11 is 0. The van der Waals surface area contributed by atoms with Gasteiger partial charge >= 0.3 is 0 Å². The summed E-state index contributed by atoms with van der Waals surface area (Å²) in [7, 11) is 1.54. The highest BCUT2D eigenvalue weighted by atomic mass is 28.4. The van der Waals surface area contributed by atoms with E-state index in [-0.39, 0.29) is 41.3 Å². The van der Waals surface area contributed by atoms with Crippen LogP contribution in [0.25, 0.3) is 0 Å². The second-order valence-electron chi connectivity index (χ2n) is 13.6. The number of carbonyl (C=O) groups excluding carboxylic acids is 1. The third kappa shape index (κ3) is 12.6. The smallest absolute Gasteiger partial charge is 0.220 e. The second kappa shape index (κ2) is 18.9. The van der Waals surface area contributed by atoms with Crippen LogP contribution in [0.4, 0.5) is 0 Å². The van der Waals surface area contributed by atoms with Crippen molar-refractivity contribution in [1.82, 2.24) is 5.32 Å². The molecule has 0 saturated carbocycles. The molecule has 0 aromatic heterocycles. The number of ether oxygens (including phenoxy) is 3. The Bertz CT molecular complexity index is 987.